The zero-order chi connectivity index (χ0) is 21.1. The number of hydrogen-bond donors (Lipinski definition) is 3. The molecule has 3 N–H and O–H groups in total. The number of amides is 3. The van der Waals surface area contributed by atoms with Crippen LogP contribution < -0.4 is 20.7 Å². The Morgan fingerprint density at radius 2 is 1.69 bits per heavy atom. The van der Waals surface area contributed by atoms with Crippen molar-refractivity contribution in [2.75, 3.05) is 25.0 Å². The summed E-state index contributed by atoms with van der Waals surface area (Å²) in [6, 6.07) is 14.3. The summed E-state index contributed by atoms with van der Waals surface area (Å²) in [5.74, 6) is -0.101. The molecule has 0 radical (unpaired) electrons. The number of anilines is 1. The molecule has 2 aromatic carbocycles. The molecule has 154 valence electrons. The fraction of sp³-hybridized carbons (Fsp3) is 0.318. The average Bonchev–Trinajstić information content (AvgIpc) is 2.70. The Labute approximate surface area is 170 Å². The summed E-state index contributed by atoms with van der Waals surface area (Å²) in [4.78, 5) is 35.1. The zero-order valence-electron chi connectivity index (χ0n) is 16.8. The molecule has 2 aromatic rings. The molecule has 0 bridgehead atoms. The van der Waals surface area contributed by atoms with Crippen molar-refractivity contribution in [3.8, 4) is 5.75 Å². The van der Waals surface area contributed by atoms with E-state index in [2.05, 4.69) is 22.9 Å². The Morgan fingerprint density at radius 3 is 2.38 bits per heavy atom. The van der Waals surface area contributed by atoms with E-state index in [0.717, 1.165) is 12.8 Å². The molecule has 0 aromatic heterocycles. The summed E-state index contributed by atoms with van der Waals surface area (Å²) in [7, 11) is 0. The molecule has 0 heterocycles. The van der Waals surface area contributed by atoms with Crippen molar-refractivity contribution in [2.45, 2.75) is 26.7 Å². The molecule has 0 aliphatic rings. The van der Waals surface area contributed by atoms with Crippen LogP contribution in [0, 0.1) is 0 Å². The van der Waals surface area contributed by atoms with Gasteiger partial charge in [-0.05, 0) is 42.3 Å². The lowest BCUT2D eigenvalue weighted by atomic mass is 10.1. The minimum absolute atomic E-state index is 0.0835. The summed E-state index contributed by atoms with van der Waals surface area (Å²) in [6.45, 7) is 4.01. The van der Waals surface area contributed by atoms with E-state index in [-0.39, 0.29) is 37.4 Å². The van der Waals surface area contributed by atoms with Crippen molar-refractivity contribution in [1.82, 2.24) is 10.6 Å². The number of rotatable bonds is 10. The van der Waals surface area contributed by atoms with Crippen molar-refractivity contribution >= 4 is 23.4 Å². The standard InChI is InChI=1S/C22H27N3O4/c1-3-5-17-8-10-20(11-9-17)29-15-21(27)23-12-13-24-22(28)18-6-4-7-19(14-18)25-16(2)26/h4,6-11,14H,3,5,12-13,15H2,1-2H3,(H,23,27)(H,24,28)(H,25,26). The molecule has 0 fully saturated rings. The van der Waals surface area contributed by atoms with Gasteiger partial charge in [0.15, 0.2) is 6.61 Å². The van der Waals surface area contributed by atoms with Gasteiger partial charge in [-0.25, -0.2) is 0 Å². The largest absolute Gasteiger partial charge is 0.484 e. The lowest BCUT2D eigenvalue weighted by molar-refractivity contribution is -0.123. The van der Waals surface area contributed by atoms with E-state index in [4.69, 9.17) is 4.74 Å². The Kier molecular flexibility index (Phi) is 8.69. The molecular weight excluding hydrogens is 370 g/mol. The topological polar surface area (TPSA) is 96.5 Å². The van der Waals surface area contributed by atoms with E-state index in [1.54, 1.807) is 24.3 Å². The van der Waals surface area contributed by atoms with Crippen molar-refractivity contribution < 1.29 is 19.1 Å². The van der Waals surface area contributed by atoms with Crippen LogP contribution in [0.1, 0.15) is 36.2 Å². The first-order chi connectivity index (χ1) is 14.0. The molecular formula is C22H27N3O4. The van der Waals surface area contributed by atoms with Crippen LogP contribution in [-0.2, 0) is 16.0 Å². The Balaban J connectivity index is 1.67. The first-order valence-corrected chi connectivity index (χ1v) is 9.62. The fourth-order valence-electron chi connectivity index (χ4n) is 2.66. The molecule has 3 amide bonds. The van der Waals surface area contributed by atoms with Crippen LogP contribution in [-0.4, -0.2) is 37.4 Å². The quantitative estimate of drug-likeness (QED) is 0.537. The number of carbonyl (C=O) groups excluding carboxylic acids is 3. The third kappa shape index (κ3) is 8.04. The Bertz CT molecular complexity index is 834. The highest BCUT2D eigenvalue weighted by Gasteiger charge is 2.07. The van der Waals surface area contributed by atoms with Crippen LogP contribution in [0.4, 0.5) is 5.69 Å². The molecule has 29 heavy (non-hydrogen) atoms. The van der Waals surface area contributed by atoms with Crippen LogP contribution in [0.5, 0.6) is 5.75 Å². The van der Waals surface area contributed by atoms with Gasteiger partial charge in [-0.2, -0.15) is 0 Å². The van der Waals surface area contributed by atoms with Crippen molar-refractivity contribution in [3.05, 3.63) is 59.7 Å². The van der Waals surface area contributed by atoms with Crippen LogP contribution >= 0.6 is 0 Å². The monoisotopic (exact) mass is 397 g/mol. The molecule has 7 heteroatoms. The third-order valence-corrected chi connectivity index (χ3v) is 4.01. The van der Waals surface area contributed by atoms with Crippen LogP contribution in [0.3, 0.4) is 0 Å². The van der Waals surface area contributed by atoms with Gasteiger partial charge < -0.3 is 20.7 Å². The second-order valence-corrected chi connectivity index (χ2v) is 6.55. The highest BCUT2D eigenvalue weighted by atomic mass is 16.5. The highest BCUT2D eigenvalue weighted by Crippen LogP contribution is 2.13. The van der Waals surface area contributed by atoms with Gasteiger partial charge in [-0.1, -0.05) is 31.5 Å². The number of ether oxygens (including phenoxy) is 1. The lowest BCUT2D eigenvalue weighted by Crippen LogP contribution is -2.36. The molecule has 0 spiro atoms. The van der Waals surface area contributed by atoms with Gasteiger partial charge in [0.05, 0.1) is 0 Å². The number of nitrogens with one attached hydrogen (secondary N) is 3. The van der Waals surface area contributed by atoms with Gasteiger partial charge >= 0.3 is 0 Å². The predicted molar refractivity (Wildman–Crippen MR) is 112 cm³/mol. The second kappa shape index (κ2) is 11.5. The first-order valence-electron chi connectivity index (χ1n) is 9.62. The number of hydrogen-bond acceptors (Lipinski definition) is 4. The van der Waals surface area contributed by atoms with Gasteiger partial charge in [-0.15, -0.1) is 0 Å². The summed E-state index contributed by atoms with van der Waals surface area (Å²) < 4.78 is 5.46. The molecule has 0 unspecified atom stereocenters. The normalized spacial score (nSPS) is 10.1. The van der Waals surface area contributed by atoms with Gasteiger partial charge in [-0.3, -0.25) is 14.4 Å². The van der Waals surface area contributed by atoms with Gasteiger partial charge in [0, 0.05) is 31.3 Å². The summed E-state index contributed by atoms with van der Waals surface area (Å²) >= 11 is 0. The maximum atomic E-state index is 12.2. The van der Waals surface area contributed by atoms with Crippen molar-refractivity contribution in [3.63, 3.8) is 0 Å². The van der Waals surface area contributed by atoms with E-state index in [0.29, 0.717) is 17.0 Å². The smallest absolute Gasteiger partial charge is 0.258 e. The average molecular weight is 397 g/mol. The molecule has 0 saturated carbocycles. The predicted octanol–water partition coefficient (Wildman–Crippen LogP) is 2.52. The maximum absolute atomic E-state index is 12.2. The summed E-state index contributed by atoms with van der Waals surface area (Å²) in [6.07, 6.45) is 2.10. The zero-order valence-corrected chi connectivity index (χ0v) is 16.8. The van der Waals surface area contributed by atoms with Crippen molar-refractivity contribution in [2.24, 2.45) is 0 Å². The molecule has 0 atom stereocenters. The summed E-state index contributed by atoms with van der Waals surface area (Å²) in [5, 5.41) is 8.04. The van der Waals surface area contributed by atoms with E-state index in [1.807, 2.05) is 24.3 Å². The van der Waals surface area contributed by atoms with E-state index < -0.39 is 0 Å². The van der Waals surface area contributed by atoms with Gasteiger partial charge in [0.2, 0.25) is 5.91 Å². The van der Waals surface area contributed by atoms with Gasteiger partial charge in [0.25, 0.3) is 11.8 Å². The Hall–Kier alpha value is -3.35. The second-order valence-electron chi connectivity index (χ2n) is 6.55. The lowest BCUT2D eigenvalue weighted by Gasteiger charge is -2.10. The first kappa shape index (κ1) is 21.9. The molecule has 0 saturated heterocycles. The number of benzene rings is 2. The van der Waals surface area contributed by atoms with Crippen molar-refractivity contribution in [1.29, 1.82) is 0 Å². The van der Waals surface area contributed by atoms with E-state index in [9.17, 15) is 14.4 Å². The Morgan fingerprint density at radius 1 is 0.966 bits per heavy atom. The summed E-state index contributed by atoms with van der Waals surface area (Å²) in [5.41, 5.74) is 2.22. The van der Waals surface area contributed by atoms with Crippen LogP contribution in [0.15, 0.2) is 48.5 Å². The van der Waals surface area contributed by atoms with Crippen LogP contribution in [0.25, 0.3) is 0 Å². The van der Waals surface area contributed by atoms with Crippen LogP contribution in [0.2, 0.25) is 0 Å². The number of carbonyl (C=O) groups is 3. The molecule has 0 aliphatic heterocycles. The SMILES string of the molecule is CCCc1ccc(OCC(=O)NCCNC(=O)c2cccc(NC(C)=O)c2)cc1. The van der Waals surface area contributed by atoms with Gasteiger partial charge in [0.1, 0.15) is 5.75 Å². The molecule has 7 nitrogen and oxygen atoms in total. The van der Waals surface area contributed by atoms with E-state index in [1.165, 1.54) is 12.5 Å². The molecule has 0 aliphatic carbocycles. The minimum Gasteiger partial charge on any atom is -0.484 e. The highest BCUT2D eigenvalue weighted by molar-refractivity contribution is 5.96. The fourth-order valence-corrected chi connectivity index (χ4v) is 2.66. The third-order valence-electron chi connectivity index (χ3n) is 4.01. The molecule has 2 rings (SSSR count). The van der Waals surface area contributed by atoms with E-state index >= 15 is 0 Å². The number of aryl methyl sites for hydroxylation is 1. The minimum atomic E-state index is -0.283. The maximum Gasteiger partial charge on any atom is 0.258 e.